The summed E-state index contributed by atoms with van der Waals surface area (Å²) < 4.78 is 13.7. The molecule has 0 radical (unpaired) electrons. The Bertz CT molecular complexity index is 1130. The van der Waals surface area contributed by atoms with Gasteiger partial charge in [0.15, 0.2) is 10.8 Å². The summed E-state index contributed by atoms with van der Waals surface area (Å²) in [4.78, 5) is 72.2. The maximum absolute atomic E-state index is 13.0. The topological polar surface area (TPSA) is 189 Å². The number of carbonyl (C=O) groups excluding carboxylic acids is 5. The highest BCUT2D eigenvalue weighted by Crippen LogP contribution is 2.43. The molecule has 3 N–H and O–H groups in total. The number of carbonyl (C=O) groups is 5. The lowest BCUT2D eigenvalue weighted by Crippen LogP contribution is -2.75. The van der Waals surface area contributed by atoms with Gasteiger partial charge in [-0.3, -0.25) is 19.2 Å². The van der Waals surface area contributed by atoms with Gasteiger partial charge in [-0.25, -0.2) is 9.78 Å². The molecule has 2 fully saturated rings. The van der Waals surface area contributed by atoms with Crippen molar-refractivity contribution in [3.63, 3.8) is 0 Å². The first-order valence-corrected chi connectivity index (χ1v) is 14.4. The van der Waals surface area contributed by atoms with E-state index in [0.717, 1.165) is 11.3 Å². The highest BCUT2D eigenvalue weighted by molar-refractivity contribution is 8.04. The minimum absolute atomic E-state index is 0.0517. The number of fused-ring (bicyclic) bond motifs is 1. The zero-order valence-corrected chi connectivity index (χ0v) is 23.4. The first-order chi connectivity index (χ1) is 18.0. The van der Waals surface area contributed by atoms with Crippen molar-refractivity contribution in [3.8, 4) is 0 Å². The first-order valence-electron chi connectivity index (χ1n) is 11.2. The number of nitrogens with zero attached hydrogens (tertiary/aromatic N) is 3. The van der Waals surface area contributed by atoms with Crippen molar-refractivity contribution >= 4 is 75.4 Å². The molecule has 1 aromatic rings. The Morgan fingerprint density at radius 3 is 2.68 bits per heavy atom. The SMILES string of the molecule is CCC(=O)OC(C)OC(=O)C1(SC)CS[C@@H]2C(NC(=O)C(=NOCC(=O)OC)c3csc(N)n3)C(=O)N2C1. The van der Waals surface area contributed by atoms with Gasteiger partial charge in [-0.05, 0) is 6.26 Å². The van der Waals surface area contributed by atoms with Gasteiger partial charge >= 0.3 is 17.9 Å². The number of hydrogen-bond acceptors (Lipinski definition) is 15. The van der Waals surface area contributed by atoms with Crippen LogP contribution in [0.3, 0.4) is 0 Å². The Kier molecular flexibility index (Phi) is 9.83. The van der Waals surface area contributed by atoms with Crippen molar-refractivity contribution in [2.24, 2.45) is 5.16 Å². The standard InChI is InChI=1S/C21H27N5O9S3/c1-5-12(27)34-10(2)35-19(31)21(36-4)8-26-17(30)15(18(26)38-9-21)24-16(29)14(11-7-37-20(22)23-11)25-33-6-13(28)32-3/h7,10,15,18H,5-6,8-9H2,1-4H3,(H2,22,23)(H,24,29)/t10?,15?,18-,21?/m1/s1. The molecule has 0 spiro atoms. The number of ether oxygens (including phenoxy) is 3. The molecule has 3 heterocycles. The van der Waals surface area contributed by atoms with E-state index in [2.05, 4.69) is 20.2 Å². The molecule has 14 nitrogen and oxygen atoms in total. The van der Waals surface area contributed by atoms with E-state index in [1.807, 2.05) is 0 Å². The maximum atomic E-state index is 13.0. The lowest BCUT2D eigenvalue weighted by Gasteiger charge is -2.53. The summed E-state index contributed by atoms with van der Waals surface area (Å²) in [7, 11) is 1.17. The average molecular weight is 590 g/mol. The van der Waals surface area contributed by atoms with E-state index < -0.39 is 58.8 Å². The van der Waals surface area contributed by atoms with Crippen LogP contribution < -0.4 is 11.1 Å². The van der Waals surface area contributed by atoms with Crippen molar-refractivity contribution in [2.45, 2.75) is 42.7 Å². The molecule has 208 valence electrons. The third-order valence-electron chi connectivity index (χ3n) is 5.51. The normalized spacial score (nSPS) is 23.4. The van der Waals surface area contributed by atoms with Crippen LogP contribution in [0.2, 0.25) is 0 Å². The van der Waals surface area contributed by atoms with Crippen LogP contribution in [0.15, 0.2) is 10.5 Å². The molecule has 2 amide bonds. The highest BCUT2D eigenvalue weighted by Gasteiger charge is 2.58. The number of β-lactam (4-membered cyclic amide) rings is 1. The number of hydrogen-bond donors (Lipinski definition) is 2. The summed E-state index contributed by atoms with van der Waals surface area (Å²) in [6.45, 7) is 2.59. The third-order valence-corrected chi connectivity index (χ3v) is 9.11. The fourth-order valence-corrected chi connectivity index (χ4v) is 6.54. The van der Waals surface area contributed by atoms with E-state index in [9.17, 15) is 24.0 Å². The summed E-state index contributed by atoms with van der Waals surface area (Å²) in [6, 6.07) is -0.894. The number of amides is 2. The van der Waals surface area contributed by atoms with Gasteiger partial charge in [0.05, 0.1) is 7.11 Å². The summed E-state index contributed by atoms with van der Waals surface area (Å²) in [6.07, 6.45) is 0.798. The Labute approximate surface area is 230 Å². The van der Waals surface area contributed by atoms with E-state index in [0.29, 0.717) is 0 Å². The van der Waals surface area contributed by atoms with Gasteiger partial charge in [-0.2, -0.15) is 0 Å². The Hall–Kier alpha value is -3.05. The number of thiazole rings is 1. The van der Waals surface area contributed by atoms with Crippen molar-refractivity contribution in [1.29, 1.82) is 0 Å². The summed E-state index contributed by atoms with van der Waals surface area (Å²) in [5.41, 5.74) is 5.50. The molecule has 2 saturated heterocycles. The van der Waals surface area contributed by atoms with Gasteiger partial charge in [0.1, 0.15) is 21.9 Å². The maximum Gasteiger partial charge on any atom is 0.346 e. The number of rotatable bonds is 11. The molecular formula is C21H27N5O9S3. The van der Waals surface area contributed by atoms with Crippen LogP contribution >= 0.6 is 34.9 Å². The number of esters is 3. The second-order valence-electron chi connectivity index (χ2n) is 7.99. The van der Waals surface area contributed by atoms with Gasteiger partial charge in [0, 0.05) is 31.0 Å². The van der Waals surface area contributed by atoms with Gasteiger partial charge in [-0.15, -0.1) is 34.9 Å². The average Bonchev–Trinajstić information content (AvgIpc) is 3.34. The summed E-state index contributed by atoms with van der Waals surface area (Å²) in [5, 5.41) is 7.56. The van der Waals surface area contributed by atoms with Gasteiger partial charge in [-0.1, -0.05) is 12.1 Å². The van der Waals surface area contributed by atoms with E-state index in [-0.39, 0.29) is 35.3 Å². The minimum Gasteiger partial charge on any atom is -0.466 e. The number of aromatic nitrogens is 1. The number of oxime groups is 1. The second-order valence-corrected chi connectivity index (χ2v) is 11.2. The molecule has 38 heavy (non-hydrogen) atoms. The zero-order chi connectivity index (χ0) is 28.0. The van der Waals surface area contributed by atoms with E-state index in [1.165, 1.54) is 47.8 Å². The summed E-state index contributed by atoms with van der Waals surface area (Å²) in [5.74, 6) is -2.69. The van der Waals surface area contributed by atoms with E-state index in [1.54, 1.807) is 13.2 Å². The van der Waals surface area contributed by atoms with Gasteiger partial charge in [0.25, 0.3) is 5.91 Å². The zero-order valence-electron chi connectivity index (χ0n) is 21.0. The lowest BCUT2D eigenvalue weighted by atomic mass is 10.0. The number of methoxy groups -OCH3 is 1. The number of nitrogens with two attached hydrogens (primary N) is 1. The molecule has 0 aromatic carbocycles. The van der Waals surface area contributed by atoms with Crippen LogP contribution in [-0.4, -0.2) is 100 Å². The first kappa shape index (κ1) is 29.5. The molecule has 3 unspecified atom stereocenters. The third kappa shape index (κ3) is 6.50. The quantitative estimate of drug-likeness (QED) is 0.115. The molecule has 17 heteroatoms. The van der Waals surface area contributed by atoms with Gasteiger partial charge < -0.3 is 35.0 Å². The van der Waals surface area contributed by atoms with Crippen LogP contribution in [0.4, 0.5) is 5.13 Å². The summed E-state index contributed by atoms with van der Waals surface area (Å²) >= 11 is 3.61. The predicted octanol–water partition coefficient (Wildman–Crippen LogP) is -0.0369. The second kappa shape index (κ2) is 12.7. The fraction of sp³-hybridized carbons (Fsp3) is 0.571. The molecule has 2 aliphatic rings. The smallest absolute Gasteiger partial charge is 0.346 e. The minimum atomic E-state index is -1.08. The molecular weight excluding hydrogens is 562 g/mol. The molecule has 3 rings (SSSR count). The van der Waals surface area contributed by atoms with Crippen LogP contribution in [0.25, 0.3) is 0 Å². The Morgan fingerprint density at radius 2 is 2.08 bits per heavy atom. The molecule has 1 aromatic heterocycles. The van der Waals surface area contributed by atoms with Crippen molar-refractivity contribution in [1.82, 2.24) is 15.2 Å². The van der Waals surface area contributed by atoms with Gasteiger partial charge in [0.2, 0.25) is 18.8 Å². The highest BCUT2D eigenvalue weighted by atomic mass is 32.2. The monoisotopic (exact) mass is 589 g/mol. The predicted molar refractivity (Wildman–Crippen MR) is 139 cm³/mol. The molecule has 4 atom stereocenters. The molecule has 2 aliphatic heterocycles. The van der Waals surface area contributed by atoms with Crippen LogP contribution in [0.5, 0.6) is 0 Å². The Morgan fingerprint density at radius 1 is 1.34 bits per heavy atom. The number of nitrogen functional groups attached to an aromatic ring is 1. The number of anilines is 1. The van der Waals surface area contributed by atoms with E-state index in [4.69, 9.17) is 20.0 Å². The number of thioether (sulfide) groups is 2. The van der Waals surface area contributed by atoms with Crippen LogP contribution in [-0.2, 0) is 43.0 Å². The Balaban J connectivity index is 1.66. The van der Waals surface area contributed by atoms with Crippen molar-refractivity contribution in [3.05, 3.63) is 11.1 Å². The fourth-order valence-electron chi connectivity index (χ4n) is 3.45. The molecule has 0 bridgehead atoms. The van der Waals surface area contributed by atoms with Crippen LogP contribution in [0, 0.1) is 0 Å². The van der Waals surface area contributed by atoms with E-state index >= 15 is 0 Å². The number of nitrogens with one attached hydrogen (secondary N) is 1. The van der Waals surface area contributed by atoms with Crippen molar-refractivity contribution in [2.75, 3.05) is 38.0 Å². The molecule has 0 aliphatic carbocycles. The largest absolute Gasteiger partial charge is 0.466 e. The van der Waals surface area contributed by atoms with Crippen molar-refractivity contribution < 1.29 is 43.0 Å². The lowest BCUT2D eigenvalue weighted by molar-refractivity contribution is -0.186. The van der Waals surface area contributed by atoms with Crippen LogP contribution in [0.1, 0.15) is 26.0 Å². The molecule has 0 saturated carbocycles.